The number of allylic oxidation sites excluding steroid dienone is 1. The molecule has 59 heavy (non-hydrogen) atoms. The molecule has 0 atom stereocenters. The monoisotopic (exact) mass is 817 g/mol. The molecule has 4 aromatic rings. The third-order valence-corrected chi connectivity index (χ3v) is 8.30. The van der Waals surface area contributed by atoms with Crippen LogP contribution in [0.25, 0.3) is 0 Å². The van der Waals surface area contributed by atoms with Crippen LogP contribution in [0.5, 0.6) is 28.7 Å². The molecule has 17 heteroatoms. The number of nitrogens with two attached hydrogens (primary N) is 3. The highest BCUT2D eigenvalue weighted by atomic mass is 16.5. The molecular formula is C42H59N9O8. The molecule has 0 aliphatic carbocycles. The molecule has 17 nitrogen and oxygen atoms in total. The van der Waals surface area contributed by atoms with E-state index in [0.717, 1.165) is 39.4 Å². The lowest BCUT2D eigenvalue weighted by Crippen LogP contribution is -2.28. The van der Waals surface area contributed by atoms with Crippen molar-refractivity contribution in [3.05, 3.63) is 95.0 Å². The average molecular weight is 818 g/mol. The number of aliphatic imine (C=N–C) groups is 1. The Morgan fingerprint density at radius 1 is 0.814 bits per heavy atom. The molecule has 0 saturated heterocycles. The number of para-hydroxylation sites is 1. The predicted octanol–water partition coefficient (Wildman–Crippen LogP) is 4.65. The van der Waals surface area contributed by atoms with Gasteiger partial charge in [0.15, 0.2) is 17.5 Å². The molecule has 1 heterocycles. The fourth-order valence-electron chi connectivity index (χ4n) is 5.12. The Hall–Kier alpha value is -6.32. The maximum atomic E-state index is 9.36. The fourth-order valence-corrected chi connectivity index (χ4v) is 5.12. The number of benzene rings is 3. The van der Waals surface area contributed by atoms with Gasteiger partial charge in [0, 0.05) is 17.8 Å². The van der Waals surface area contributed by atoms with Gasteiger partial charge in [0.2, 0.25) is 11.7 Å². The molecule has 0 aliphatic heterocycles. The Kier molecular flexibility index (Phi) is 20.8. The highest BCUT2D eigenvalue weighted by Crippen LogP contribution is 2.37. The maximum Gasteiger partial charge on any atom is 0.225 e. The Bertz CT molecular complexity index is 1990. The number of nitriles is 1. The molecule has 0 amide bonds. The summed E-state index contributed by atoms with van der Waals surface area (Å²) in [5, 5.41) is 50.2. The van der Waals surface area contributed by atoms with Crippen molar-refractivity contribution < 1.29 is 39.4 Å². The minimum Gasteiger partial charge on any atom is -0.496 e. The molecule has 0 spiro atoms. The normalized spacial score (nSPS) is 10.9. The van der Waals surface area contributed by atoms with Gasteiger partial charge in [0.1, 0.15) is 29.1 Å². The van der Waals surface area contributed by atoms with Gasteiger partial charge >= 0.3 is 0 Å². The van der Waals surface area contributed by atoms with Gasteiger partial charge in [-0.1, -0.05) is 45.9 Å². The summed E-state index contributed by atoms with van der Waals surface area (Å²) >= 11 is 0. The van der Waals surface area contributed by atoms with Gasteiger partial charge in [0.05, 0.1) is 65.1 Å². The molecule has 0 unspecified atom stereocenters. The zero-order valence-corrected chi connectivity index (χ0v) is 34.9. The van der Waals surface area contributed by atoms with Gasteiger partial charge < -0.3 is 67.2 Å². The molecule has 0 aliphatic rings. The van der Waals surface area contributed by atoms with E-state index in [1.165, 1.54) is 6.20 Å². The Balaban J connectivity index is 0.000000338. The lowest BCUT2D eigenvalue weighted by atomic mass is 9.99. The zero-order chi connectivity index (χ0) is 44.1. The summed E-state index contributed by atoms with van der Waals surface area (Å²) in [6.45, 7) is 11.3. The molecule has 0 saturated carbocycles. The van der Waals surface area contributed by atoms with Crippen LogP contribution in [-0.4, -0.2) is 89.1 Å². The average Bonchev–Trinajstić information content (AvgIpc) is 3.22. The summed E-state index contributed by atoms with van der Waals surface area (Å²) in [4.78, 5) is 11.7. The lowest BCUT2D eigenvalue weighted by molar-refractivity contribution is 0.195. The van der Waals surface area contributed by atoms with Crippen molar-refractivity contribution in [2.24, 2.45) is 16.5 Å². The van der Waals surface area contributed by atoms with E-state index < -0.39 is 12.1 Å². The van der Waals surface area contributed by atoms with E-state index in [2.05, 4.69) is 59.4 Å². The third kappa shape index (κ3) is 15.9. The van der Waals surface area contributed by atoms with Crippen molar-refractivity contribution in [3.63, 3.8) is 0 Å². The Labute approximate surface area is 346 Å². The standard InChI is InChI=1S/C20H22N2O2.C18H26N4O4.C4H11N3O2/c1-14(2)18-10-15(3)19(23-4)11-20(18)24-17(12-21)13-22-16-8-6-5-7-9-16;1-10(2)13-5-11(3)14(25-4)6-15(13)26-16-7-20-18(22-17(16)19)21-12(8-23)9-24;5-4(6)7-3(1-8)2-9/h5-11,13-14,22H,1-4H3;5-7,10,12,23-24H,8-9H2,1-4H3,(H3,19,20,21,22);3,8-9H,1-2H2,(H4,5,6,7)/b17-13+;;. The minimum absolute atomic E-state index is 0.122. The molecule has 12 N–H and O–H groups in total. The number of ether oxygens (including phenoxy) is 4. The van der Waals surface area contributed by atoms with Crippen LogP contribution in [0.15, 0.2) is 77.7 Å². The number of anilines is 3. The molecule has 0 bridgehead atoms. The first-order valence-electron chi connectivity index (χ1n) is 18.7. The van der Waals surface area contributed by atoms with Crippen molar-refractivity contribution in [1.82, 2.24) is 9.97 Å². The van der Waals surface area contributed by atoms with Crippen LogP contribution in [-0.2, 0) is 0 Å². The minimum atomic E-state index is -0.574. The number of nitrogens with zero attached hydrogens (tertiary/aromatic N) is 4. The van der Waals surface area contributed by atoms with Crippen molar-refractivity contribution in [2.75, 3.05) is 57.0 Å². The summed E-state index contributed by atoms with van der Waals surface area (Å²) in [6, 6.07) is 18.3. The summed E-state index contributed by atoms with van der Waals surface area (Å²) in [6.07, 6.45) is 3.01. The molecule has 1 aromatic heterocycles. The number of aliphatic hydroxyl groups excluding tert-OH is 4. The van der Waals surface area contributed by atoms with Crippen LogP contribution in [0.3, 0.4) is 0 Å². The highest BCUT2D eigenvalue weighted by molar-refractivity contribution is 5.75. The number of methoxy groups -OCH3 is 2. The molecule has 4 rings (SSSR count). The topological polar surface area (TPSA) is 282 Å². The number of aliphatic hydroxyl groups is 4. The molecule has 320 valence electrons. The van der Waals surface area contributed by atoms with Gasteiger partial charge in [-0.25, -0.2) is 9.98 Å². The molecule has 0 fully saturated rings. The molecule has 3 aromatic carbocycles. The van der Waals surface area contributed by atoms with Crippen LogP contribution in [0.1, 0.15) is 61.8 Å². The number of aromatic nitrogens is 2. The number of hydrogen-bond donors (Lipinski definition) is 9. The second kappa shape index (κ2) is 25.1. The summed E-state index contributed by atoms with van der Waals surface area (Å²) in [5.74, 6) is 3.96. The van der Waals surface area contributed by atoms with Crippen LogP contribution in [0, 0.1) is 25.2 Å². The number of hydrogen-bond acceptors (Lipinski definition) is 15. The first-order chi connectivity index (χ1) is 28.1. The van der Waals surface area contributed by atoms with E-state index in [1.54, 1.807) is 20.4 Å². The zero-order valence-electron chi connectivity index (χ0n) is 34.9. The SMILES string of the molecule is COc1cc(O/C(C#N)=C/Nc2ccccc2)c(C(C)C)cc1C.COc1cc(Oc2cnc(NC(CO)CO)nc2N)c(C(C)C)cc1C.NC(N)=NC(CO)CO. The second-order valence-corrected chi connectivity index (χ2v) is 13.6. The van der Waals surface area contributed by atoms with E-state index in [9.17, 15) is 5.26 Å². The first kappa shape index (κ1) is 48.8. The summed E-state index contributed by atoms with van der Waals surface area (Å²) in [5.41, 5.74) is 20.9. The van der Waals surface area contributed by atoms with Crippen LogP contribution < -0.4 is 46.8 Å². The van der Waals surface area contributed by atoms with Crippen molar-refractivity contribution >= 4 is 23.4 Å². The van der Waals surface area contributed by atoms with E-state index in [4.69, 9.17) is 56.6 Å². The van der Waals surface area contributed by atoms with Crippen molar-refractivity contribution in [3.8, 4) is 34.8 Å². The number of aryl methyl sites for hydroxylation is 2. The summed E-state index contributed by atoms with van der Waals surface area (Å²) in [7, 11) is 3.23. The van der Waals surface area contributed by atoms with Gasteiger partial charge in [0.25, 0.3) is 0 Å². The number of rotatable bonds is 17. The Morgan fingerprint density at radius 3 is 1.80 bits per heavy atom. The Morgan fingerprint density at radius 2 is 1.36 bits per heavy atom. The third-order valence-electron chi connectivity index (χ3n) is 8.30. The quantitative estimate of drug-likeness (QED) is 0.0303. The van der Waals surface area contributed by atoms with E-state index in [-0.39, 0.29) is 61.7 Å². The predicted molar refractivity (Wildman–Crippen MR) is 230 cm³/mol. The van der Waals surface area contributed by atoms with Gasteiger partial charge in [-0.2, -0.15) is 10.2 Å². The van der Waals surface area contributed by atoms with Gasteiger partial charge in [-0.15, -0.1) is 0 Å². The van der Waals surface area contributed by atoms with Crippen molar-refractivity contribution in [2.45, 2.75) is 65.5 Å². The summed E-state index contributed by atoms with van der Waals surface area (Å²) < 4.78 is 22.5. The van der Waals surface area contributed by atoms with Gasteiger partial charge in [-0.3, -0.25) is 0 Å². The number of nitrogen functional groups attached to an aromatic ring is 1. The van der Waals surface area contributed by atoms with Crippen molar-refractivity contribution in [1.29, 1.82) is 5.26 Å². The van der Waals surface area contributed by atoms with E-state index >= 15 is 0 Å². The maximum absolute atomic E-state index is 9.36. The lowest BCUT2D eigenvalue weighted by Gasteiger charge is -2.18. The number of guanidine groups is 1. The molecular weight excluding hydrogens is 759 g/mol. The highest BCUT2D eigenvalue weighted by Gasteiger charge is 2.17. The van der Waals surface area contributed by atoms with Crippen LogP contribution in [0.2, 0.25) is 0 Å². The van der Waals surface area contributed by atoms with E-state index in [1.807, 2.05) is 68.4 Å². The largest absolute Gasteiger partial charge is 0.496 e. The van der Waals surface area contributed by atoms with Crippen LogP contribution in [0.4, 0.5) is 17.5 Å². The molecule has 0 radical (unpaired) electrons. The first-order valence-corrected chi connectivity index (χ1v) is 18.7. The number of nitrogens with one attached hydrogen (secondary N) is 2. The van der Waals surface area contributed by atoms with E-state index in [0.29, 0.717) is 17.2 Å². The van der Waals surface area contributed by atoms with Crippen LogP contribution >= 0.6 is 0 Å². The van der Waals surface area contributed by atoms with Gasteiger partial charge in [-0.05, 0) is 72.2 Å². The fraction of sp³-hybridized carbons (Fsp3) is 0.381. The smallest absolute Gasteiger partial charge is 0.225 e. The second-order valence-electron chi connectivity index (χ2n) is 13.6.